The number of carbonyl (C=O) groups excluding carboxylic acids is 1. The van der Waals surface area contributed by atoms with Crippen LogP contribution in [0.3, 0.4) is 0 Å². The molecule has 0 aromatic heterocycles. The summed E-state index contributed by atoms with van der Waals surface area (Å²) in [4.78, 5) is 11.5. The monoisotopic (exact) mass is 270 g/mol. The summed E-state index contributed by atoms with van der Waals surface area (Å²) >= 11 is 0. The molecule has 0 bridgehead atoms. The van der Waals surface area contributed by atoms with Crippen LogP contribution in [0.1, 0.15) is 64.7 Å². The van der Waals surface area contributed by atoms with Gasteiger partial charge in [0.05, 0.1) is 11.6 Å². The molecule has 19 heavy (non-hydrogen) atoms. The van der Waals surface area contributed by atoms with Crippen LogP contribution in [0.2, 0.25) is 0 Å². The molecule has 0 spiro atoms. The van der Waals surface area contributed by atoms with Gasteiger partial charge in [0.15, 0.2) is 0 Å². The summed E-state index contributed by atoms with van der Waals surface area (Å²) in [5.41, 5.74) is 4.94. The second-order valence-electron chi connectivity index (χ2n) is 5.70. The Bertz CT molecular complexity index is 271. The topological polar surface area (TPSA) is 64.3 Å². The molecule has 0 aliphatic heterocycles. The van der Waals surface area contributed by atoms with Gasteiger partial charge in [0, 0.05) is 13.0 Å². The van der Waals surface area contributed by atoms with Gasteiger partial charge >= 0.3 is 0 Å². The molecule has 1 rings (SSSR count). The average molecular weight is 270 g/mol. The number of nitrogens with two attached hydrogens (primary N) is 1. The lowest BCUT2D eigenvalue weighted by Crippen LogP contribution is -2.52. The quantitative estimate of drug-likeness (QED) is 0.599. The van der Waals surface area contributed by atoms with Gasteiger partial charge in [-0.15, -0.1) is 0 Å². The number of unbranched alkanes of at least 4 members (excludes halogenated alkanes) is 5. The normalized spacial score (nSPS) is 26.7. The van der Waals surface area contributed by atoms with Gasteiger partial charge in [0.1, 0.15) is 0 Å². The summed E-state index contributed by atoms with van der Waals surface area (Å²) in [6.45, 7) is 3.05. The molecule has 0 radical (unpaired) electrons. The third kappa shape index (κ3) is 5.11. The molecule has 1 saturated carbocycles. The van der Waals surface area contributed by atoms with Gasteiger partial charge in [-0.25, -0.2) is 0 Å². The van der Waals surface area contributed by atoms with E-state index in [4.69, 9.17) is 10.5 Å². The van der Waals surface area contributed by atoms with Crippen molar-refractivity contribution in [1.82, 2.24) is 5.32 Å². The maximum absolute atomic E-state index is 11.5. The van der Waals surface area contributed by atoms with Crippen LogP contribution in [-0.2, 0) is 9.53 Å². The summed E-state index contributed by atoms with van der Waals surface area (Å²) < 4.78 is 5.87. The van der Waals surface area contributed by atoms with Crippen LogP contribution in [0, 0.1) is 0 Å². The molecular weight excluding hydrogens is 240 g/mol. The zero-order chi connectivity index (χ0) is 14.1. The number of likely N-dealkylation sites (N-methyl/N-ethyl adjacent to an activating group) is 1. The number of rotatable bonds is 10. The highest BCUT2D eigenvalue weighted by Crippen LogP contribution is 2.31. The molecule has 0 saturated heterocycles. The lowest BCUT2D eigenvalue weighted by Gasteiger charge is -2.24. The SMILES string of the molecule is CCCCCCCCOC1CCC(NC)(C(N)=O)C1. The third-order valence-electron chi connectivity index (χ3n) is 4.27. The van der Waals surface area contributed by atoms with Crippen molar-refractivity contribution in [2.24, 2.45) is 5.73 Å². The van der Waals surface area contributed by atoms with Gasteiger partial charge < -0.3 is 15.8 Å². The number of carbonyl (C=O) groups is 1. The van der Waals surface area contributed by atoms with Crippen molar-refractivity contribution in [3.63, 3.8) is 0 Å². The van der Waals surface area contributed by atoms with E-state index in [2.05, 4.69) is 12.2 Å². The van der Waals surface area contributed by atoms with E-state index in [-0.39, 0.29) is 12.0 Å². The average Bonchev–Trinajstić information content (AvgIpc) is 2.83. The molecule has 1 fully saturated rings. The standard InChI is InChI=1S/C15H30N2O2/c1-3-4-5-6-7-8-11-19-13-9-10-15(12-13,17-2)14(16)18/h13,17H,3-12H2,1-2H3,(H2,16,18). The number of hydrogen-bond acceptors (Lipinski definition) is 3. The molecule has 4 nitrogen and oxygen atoms in total. The molecule has 2 unspecified atom stereocenters. The molecule has 2 atom stereocenters. The van der Waals surface area contributed by atoms with Crippen molar-refractivity contribution < 1.29 is 9.53 Å². The molecule has 1 aliphatic rings. The van der Waals surface area contributed by atoms with Crippen molar-refractivity contribution in [2.45, 2.75) is 76.4 Å². The molecule has 1 amide bonds. The van der Waals surface area contributed by atoms with E-state index in [1.165, 1.54) is 32.1 Å². The molecule has 3 N–H and O–H groups in total. The van der Waals surface area contributed by atoms with Crippen LogP contribution >= 0.6 is 0 Å². The zero-order valence-electron chi connectivity index (χ0n) is 12.5. The highest BCUT2D eigenvalue weighted by Gasteiger charge is 2.43. The maximum Gasteiger partial charge on any atom is 0.237 e. The van der Waals surface area contributed by atoms with Crippen LogP contribution in [0.25, 0.3) is 0 Å². The van der Waals surface area contributed by atoms with Gasteiger partial charge in [-0.05, 0) is 26.3 Å². The first-order valence-electron chi connectivity index (χ1n) is 7.75. The Labute approximate surface area is 117 Å². The highest BCUT2D eigenvalue weighted by atomic mass is 16.5. The van der Waals surface area contributed by atoms with Gasteiger partial charge in [-0.3, -0.25) is 4.79 Å². The van der Waals surface area contributed by atoms with Gasteiger partial charge in [0.25, 0.3) is 0 Å². The Morgan fingerprint density at radius 3 is 2.58 bits per heavy atom. The summed E-state index contributed by atoms with van der Waals surface area (Å²) in [6, 6.07) is 0. The fourth-order valence-electron chi connectivity index (χ4n) is 2.85. The van der Waals surface area contributed by atoms with Crippen molar-refractivity contribution in [3.05, 3.63) is 0 Å². The summed E-state index contributed by atoms with van der Waals surface area (Å²) in [5, 5.41) is 3.08. The number of hydrogen-bond donors (Lipinski definition) is 2. The smallest absolute Gasteiger partial charge is 0.237 e. The Morgan fingerprint density at radius 1 is 1.32 bits per heavy atom. The van der Waals surface area contributed by atoms with E-state index in [1.807, 2.05) is 0 Å². The summed E-state index contributed by atoms with van der Waals surface area (Å²) in [7, 11) is 1.81. The Morgan fingerprint density at radius 2 is 2.00 bits per heavy atom. The summed E-state index contributed by atoms with van der Waals surface area (Å²) in [6.07, 6.45) is 10.3. The molecule has 0 aromatic carbocycles. The predicted octanol–water partition coefficient (Wildman–Crippen LogP) is 2.36. The third-order valence-corrected chi connectivity index (χ3v) is 4.27. The van der Waals surface area contributed by atoms with Crippen molar-refractivity contribution in [3.8, 4) is 0 Å². The Hall–Kier alpha value is -0.610. The number of primary amides is 1. The zero-order valence-corrected chi connectivity index (χ0v) is 12.5. The minimum atomic E-state index is -0.536. The second kappa shape index (κ2) is 8.54. The lowest BCUT2D eigenvalue weighted by atomic mass is 9.97. The number of nitrogens with one attached hydrogen (secondary N) is 1. The first-order valence-corrected chi connectivity index (χ1v) is 7.75. The van der Waals surface area contributed by atoms with E-state index < -0.39 is 5.54 Å². The van der Waals surface area contributed by atoms with Crippen molar-refractivity contribution >= 4 is 5.91 Å². The van der Waals surface area contributed by atoms with Crippen LogP contribution < -0.4 is 11.1 Å². The number of amides is 1. The first kappa shape index (κ1) is 16.4. The van der Waals surface area contributed by atoms with E-state index in [9.17, 15) is 4.79 Å². The molecular formula is C15H30N2O2. The van der Waals surface area contributed by atoms with Gasteiger partial charge in [-0.2, -0.15) is 0 Å². The minimum Gasteiger partial charge on any atom is -0.378 e. The largest absolute Gasteiger partial charge is 0.378 e. The molecule has 1 aliphatic carbocycles. The minimum absolute atomic E-state index is 0.190. The second-order valence-corrected chi connectivity index (χ2v) is 5.70. The van der Waals surface area contributed by atoms with E-state index in [1.54, 1.807) is 7.05 Å². The highest BCUT2D eigenvalue weighted by molar-refractivity contribution is 5.85. The predicted molar refractivity (Wildman–Crippen MR) is 78.0 cm³/mol. The van der Waals surface area contributed by atoms with Crippen LogP contribution in [-0.4, -0.2) is 31.2 Å². The Kier molecular flexibility index (Phi) is 7.39. The van der Waals surface area contributed by atoms with Crippen LogP contribution in [0.5, 0.6) is 0 Å². The number of ether oxygens (including phenoxy) is 1. The van der Waals surface area contributed by atoms with Crippen molar-refractivity contribution in [2.75, 3.05) is 13.7 Å². The lowest BCUT2D eigenvalue weighted by molar-refractivity contribution is -0.124. The van der Waals surface area contributed by atoms with Crippen LogP contribution in [0.15, 0.2) is 0 Å². The fourth-order valence-corrected chi connectivity index (χ4v) is 2.85. The van der Waals surface area contributed by atoms with Gasteiger partial charge in [-0.1, -0.05) is 39.0 Å². The first-order chi connectivity index (χ1) is 9.14. The van der Waals surface area contributed by atoms with Crippen molar-refractivity contribution in [1.29, 1.82) is 0 Å². The molecule has 4 heteroatoms. The fraction of sp³-hybridized carbons (Fsp3) is 0.933. The van der Waals surface area contributed by atoms with E-state index in [0.717, 1.165) is 25.9 Å². The summed E-state index contributed by atoms with van der Waals surface area (Å²) in [5.74, 6) is -0.249. The maximum atomic E-state index is 11.5. The van der Waals surface area contributed by atoms with E-state index in [0.29, 0.717) is 6.42 Å². The van der Waals surface area contributed by atoms with Gasteiger partial charge in [0.2, 0.25) is 5.91 Å². The molecule has 0 aromatic rings. The van der Waals surface area contributed by atoms with Crippen LogP contribution in [0.4, 0.5) is 0 Å². The van der Waals surface area contributed by atoms with E-state index >= 15 is 0 Å². The molecule has 0 heterocycles. The molecule has 112 valence electrons. The Balaban J connectivity index is 2.10.